The molecule has 2 aliphatic rings. The van der Waals surface area contributed by atoms with Gasteiger partial charge in [0, 0.05) is 26.2 Å². The zero-order valence-electron chi connectivity index (χ0n) is 12.8. The van der Waals surface area contributed by atoms with Gasteiger partial charge in [-0.25, -0.2) is 0 Å². The standard InChI is InChI=1S/C17H23ClN2O.ClH/c18-9-16(21)19-10-15-12-20(13-17(15)7-4-8-17)11-14-5-2-1-3-6-14;/h1-3,5-6,15H,4,7-13H2,(H,19,21);1H. The van der Waals surface area contributed by atoms with Crippen molar-refractivity contribution in [3.63, 3.8) is 0 Å². The number of carbonyl (C=O) groups is 1. The molecule has 1 amide bonds. The first-order valence-electron chi connectivity index (χ1n) is 7.81. The van der Waals surface area contributed by atoms with Gasteiger partial charge < -0.3 is 5.32 Å². The van der Waals surface area contributed by atoms with Gasteiger partial charge in [-0.1, -0.05) is 36.8 Å². The summed E-state index contributed by atoms with van der Waals surface area (Å²) in [5.41, 5.74) is 1.81. The Kier molecular flexibility index (Phi) is 6.13. The quantitative estimate of drug-likeness (QED) is 0.834. The van der Waals surface area contributed by atoms with Crippen LogP contribution in [0, 0.1) is 11.3 Å². The van der Waals surface area contributed by atoms with Crippen molar-refractivity contribution in [3.8, 4) is 0 Å². The molecule has 1 unspecified atom stereocenters. The van der Waals surface area contributed by atoms with Crippen molar-refractivity contribution in [3.05, 3.63) is 35.9 Å². The number of carbonyl (C=O) groups excluding carboxylic acids is 1. The maximum absolute atomic E-state index is 11.4. The van der Waals surface area contributed by atoms with E-state index >= 15 is 0 Å². The third-order valence-electron chi connectivity index (χ3n) is 5.15. The Balaban J connectivity index is 0.00000176. The van der Waals surface area contributed by atoms with Crippen LogP contribution in [0.4, 0.5) is 0 Å². The first kappa shape index (κ1) is 17.6. The van der Waals surface area contributed by atoms with Gasteiger partial charge in [-0.3, -0.25) is 9.69 Å². The van der Waals surface area contributed by atoms with Crippen LogP contribution < -0.4 is 5.32 Å². The molecule has 1 spiro atoms. The highest BCUT2D eigenvalue weighted by Gasteiger charge is 2.49. The molecule has 2 fully saturated rings. The second kappa shape index (κ2) is 7.67. The summed E-state index contributed by atoms with van der Waals surface area (Å²) in [6.45, 7) is 4.04. The van der Waals surface area contributed by atoms with Gasteiger partial charge >= 0.3 is 0 Å². The summed E-state index contributed by atoms with van der Waals surface area (Å²) in [5, 5.41) is 2.98. The van der Waals surface area contributed by atoms with Crippen LogP contribution in [-0.4, -0.2) is 36.3 Å². The average molecular weight is 343 g/mol. The number of hydrogen-bond donors (Lipinski definition) is 1. The zero-order chi connectivity index (χ0) is 14.7. The highest BCUT2D eigenvalue weighted by atomic mass is 35.5. The highest BCUT2D eigenvalue weighted by Crippen LogP contribution is 2.51. The Morgan fingerprint density at radius 1 is 1.32 bits per heavy atom. The van der Waals surface area contributed by atoms with Crippen LogP contribution in [0.2, 0.25) is 0 Å². The molecule has 1 aliphatic heterocycles. The first-order valence-corrected chi connectivity index (χ1v) is 8.34. The van der Waals surface area contributed by atoms with E-state index in [0.29, 0.717) is 11.3 Å². The molecule has 5 heteroatoms. The number of hydrogen-bond acceptors (Lipinski definition) is 2. The molecular weight excluding hydrogens is 319 g/mol. The Morgan fingerprint density at radius 3 is 2.64 bits per heavy atom. The van der Waals surface area contributed by atoms with Crippen LogP contribution >= 0.6 is 24.0 Å². The lowest BCUT2D eigenvalue weighted by molar-refractivity contribution is -0.119. The van der Waals surface area contributed by atoms with Crippen molar-refractivity contribution >= 4 is 29.9 Å². The predicted octanol–water partition coefficient (Wildman–Crippen LogP) is 3.07. The Morgan fingerprint density at radius 2 is 2.05 bits per heavy atom. The van der Waals surface area contributed by atoms with Gasteiger partial charge in [0.05, 0.1) is 0 Å². The molecule has 1 aromatic carbocycles. The SMILES string of the molecule is Cl.O=C(CCl)NCC1CN(Cc2ccccc2)CC12CCC2. The van der Waals surface area contributed by atoms with E-state index in [1.807, 2.05) is 0 Å². The van der Waals surface area contributed by atoms with Gasteiger partial charge in [-0.2, -0.15) is 0 Å². The van der Waals surface area contributed by atoms with E-state index in [-0.39, 0.29) is 24.2 Å². The third-order valence-corrected chi connectivity index (χ3v) is 5.39. The topological polar surface area (TPSA) is 32.3 Å². The number of halogens is 2. The molecular formula is C17H24Cl2N2O. The summed E-state index contributed by atoms with van der Waals surface area (Å²) >= 11 is 5.57. The van der Waals surface area contributed by atoms with Crippen molar-refractivity contribution in [2.24, 2.45) is 11.3 Å². The van der Waals surface area contributed by atoms with E-state index in [1.54, 1.807) is 0 Å². The summed E-state index contributed by atoms with van der Waals surface area (Å²) in [5.74, 6) is 0.586. The second-order valence-electron chi connectivity index (χ2n) is 6.51. The Bertz CT molecular complexity index is 491. The van der Waals surface area contributed by atoms with Crippen molar-refractivity contribution < 1.29 is 4.79 Å². The molecule has 1 aliphatic carbocycles. The number of benzene rings is 1. The summed E-state index contributed by atoms with van der Waals surface area (Å²) in [7, 11) is 0. The van der Waals surface area contributed by atoms with E-state index < -0.39 is 0 Å². The minimum atomic E-state index is -0.0485. The Labute approximate surface area is 143 Å². The summed E-state index contributed by atoms with van der Waals surface area (Å²) in [6.07, 6.45) is 3.94. The number of alkyl halides is 1. The number of rotatable bonds is 5. The molecule has 0 radical (unpaired) electrons. The van der Waals surface area contributed by atoms with Crippen LogP contribution in [0.1, 0.15) is 24.8 Å². The average Bonchev–Trinajstić information content (AvgIpc) is 2.84. The van der Waals surface area contributed by atoms with Crippen molar-refractivity contribution in [2.75, 3.05) is 25.5 Å². The molecule has 3 rings (SSSR count). The zero-order valence-corrected chi connectivity index (χ0v) is 14.3. The fourth-order valence-electron chi connectivity index (χ4n) is 3.87. The largest absolute Gasteiger partial charge is 0.355 e. The van der Waals surface area contributed by atoms with E-state index in [1.165, 1.54) is 31.4 Å². The summed E-state index contributed by atoms with van der Waals surface area (Å²) in [6, 6.07) is 10.6. The fourth-order valence-corrected chi connectivity index (χ4v) is 3.96. The molecule has 122 valence electrons. The van der Waals surface area contributed by atoms with Crippen molar-refractivity contribution in [1.29, 1.82) is 0 Å². The van der Waals surface area contributed by atoms with E-state index in [0.717, 1.165) is 19.6 Å². The summed E-state index contributed by atoms with van der Waals surface area (Å²) < 4.78 is 0. The molecule has 22 heavy (non-hydrogen) atoms. The minimum Gasteiger partial charge on any atom is -0.355 e. The molecule has 1 aromatic rings. The van der Waals surface area contributed by atoms with Crippen LogP contribution in [-0.2, 0) is 11.3 Å². The van der Waals surface area contributed by atoms with E-state index in [4.69, 9.17) is 11.6 Å². The van der Waals surface area contributed by atoms with Gasteiger partial charge in [-0.05, 0) is 29.7 Å². The minimum absolute atomic E-state index is 0. The molecule has 1 saturated carbocycles. The van der Waals surface area contributed by atoms with E-state index in [9.17, 15) is 4.79 Å². The molecule has 0 aromatic heterocycles. The molecule has 0 bridgehead atoms. The fraction of sp³-hybridized carbons (Fsp3) is 0.588. The molecule has 1 N–H and O–H groups in total. The molecule has 1 saturated heterocycles. The van der Waals surface area contributed by atoms with Crippen molar-refractivity contribution in [1.82, 2.24) is 10.2 Å². The van der Waals surface area contributed by atoms with Crippen LogP contribution in [0.25, 0.3) is 0 Å². The number of nitrogens with one attached hydrogen (secondary N) is 1. The highest BCUT2D eigenvalue weighted by molar-refractivity contribution is 6.27. The lowest BCUT2D eigenvalue weighted by atomic mass is 9.63. The van der Waals surface area contributed by atoms with E-state index in [2.05, 4.69) is 40.5 Å². The Hall–Kier alpha value is -0.770. The monoisotopic (exact) mass is 342 g/mol. The predicted molar refractivity (Wildman–Crippen MR) is 92.5 cm³/mol. The molecule has 3 nitrogen and oxygen atoms in total. The maximum atomic E-state index is 11.4. The molecule has 1 heterocycles. The van der Waals surface area contributed by atoms with Crippen molar-refractivity contribution in [2.45, 2.75) is 25.8 Å². The third kappa shape index (κ3) is 3.76. The summed E-state index contributed by atoms with van der Waals surface area (Å²) in [4.78, 5) is 13.9. The first-order chi connectivity index (χ1) is 10.2. The molecule has 1 atom stereocenters. The van der Waals surface area contributed by atoms with Gasteiger partial charge in [0.15, 0.2) is 0 Å². The maximum Gasteiger partial charge on any atom is 0.234 e. The lowest BCUT2D eigenvalue weighted by Crippen LogP contribution is -2.43. The van der Waals surface area contributed by atoms with Crippen LogP contribution in [0.3, 0.4) is 0 Å². The number of nitrogens with zero attached hydrogens (tertiary/aromatic N) is 1. The van der Waals surface area contributed by atoms with Gasteiger partial charge in [0.2, 0.25) is 5.91 Å². The second-order valence-corrected chi connectivity index (χ2v) is 6.77. The van der Waals surface area contributed by atoms with Gasteiger partial charge in [-0.15, -0.1) is 24.0 Å². The van der Waals surface area contributed by atoms with Gasteiger partial charge in [0.25, 0.3) is 0 Å². The van der Waals surface area contributed by atoms with Gasteiger partial charge in [0.1, 0.15) is 5.88 Å². The van der Waals surface area contributed by atoms with Crippen LogP contribution in [0.15, 0.2) is 30.3 Å². The smallest absolute Gasteiger partial charge is 0.234 e. The number of amides is 1. The normalized spacial score (nSPS) is 22.9. The lowest BCUT2D eigenvalue weighted by Gasteiger charge is -2.43. The van der Waals surface area contributed by atoms with Crippen LogP contribution in [0.5, 0.6) is 0 Å². The number of likely N-dealkylation sites (tertiary alicyclic amines) is 1.